The molecule has 5 heteroatoms. The van der Waals surface area contributed by atoms with E-state index < -0.39 is 0 Å². The van der Waals surface area contributed by atoms with Gasteiger partial charge in [0.15, 0.2) is 0 Å². The van der Waals surface area contributed by atoms with Crippen LogP contribution in [0.1, 0.15) is 55.6 Å². The van der Waals surface area contributed by atoms with Crippen LogP contribution < -0.4 is 0 Å². The number of rotatable bonds is 6. The third-order valence-corrected chi connectivity index (χ3v) is 5.85. The number of ether oxygens (including phenoxy) is 1. The predicted molar refractivity (Wildman–Crippen MR) is 102 cm³/mol. The molecule has 3 rings (SSSR count). The fourth-order valence-corrected chi connectivity index (χ4v) is 4.35. The van der Waals surface area contributed by atoms with E-state index in [0.29, 0.717) is 17.6 Å². The summed E-state index contributed by atoms with van der Waals surface area (Å²) in [5, 5.41) is 3.16. The number of carbonyl (C=O) groups is 1. The van der Waals surface area contributed by atoms with Gasteiger partial charge in [-0.05, 0) is 38.8 Å². The van der Waals surface area contributed by atoms with Crippen LogP contribution in [0.3, 0.4) is 0 Å². The molecule has 0 bridgehead atoms. The summed E-state index contributed by atoms with van der Waals surface area (Å²) in [5.41, 5.74) is 2.74. The van der Waals surface area contributed by atoms with Crippen LogP contribution in [0, 0.1) is 0 Å². The van der Waals surface area contributed by atoms with Gasteiger partial charge in [0.2, 0.25) is 0 Å². The third-order valence-electron chi connectivity index (χ3n) is 4.91. The summed E-state index contributed by atoms with van der Waals surface area (Å²) in [6.07, 6.45) is 5.32. The Kier molecular flexibility index (Phi) is 5.86. The van der Waals surface area contributed by atoms with Gasteiger partial charge in [0, 0.05) is 29.6 Å². The molecule has 0 aliphatic heterocycles. The fraction of sp³-hybridized carbons (Fsp3) is 0.500. The van der Waals surface area contributed by atoms with Crippen molar-refractivity contribution in [3.05, 3.63) is 40.9 Å². The lowest BCUT2D eigenvalue weighted by atomic mass is 10.1. The topological polar surface area (TPSA) is 42.4 Å². The van der Waals surface area contributed by atoms with Gasteiger partial charge < -0.3 is 4.74 Å². The van der Waals surface area contributed by atoms with Crippen LogP contribution in [0.15, 0.2) is 29.6 Å². The van der Waals surface area contributed by atoms with E-state index in [4.69, 9.17) is 9.72 Å². The lowest BCUT2D eigenvalue weighted by Gasteiger charge is -2.31. The molecule has 25 heavy (non-hydrogen) atoms. The van der Waals surface area contributed by atoms with Crippen molar-refractivity contribution in [2.75, 3.05) is 7.11 Å². The van der Waals surface area contributed by atoms with Crippen molar-refractivity contribution in [1.29, 1.82) is 0 Å². The Labute approximate surface area is 153 Å². The van der Waals surface area contributed by atoms with E-state index in [2.05, 4.69) is 24.1 Å². The number of hydrogen-bond acceptors (Lipinski definition) is 5. The first-order valence-corrected chi connectivity index (χ1v) is 9.85. The molecule has 1 heterocycles. The van der Waals surface area contributed by atoms with Gasteiger partial charge in [0.25, 0.3) is 0 Å². The van der Waals surface area contributed by atoms with Crippen LogP contribution in [0.2, 0.25) is 0 Å². The maximum Gasteiger partial charge on any atom is 0.337 e. The van der Waals surface area contributed by atoms with Gasteiger partial charge in [0.1, 0.15) is 5.01 Å². The molecule has 0 unspecified atom stereocenters. The van der Waals surface area contributed by atoms with Gasteiger partial charge in [-0.25, -0.2) is 9.78 Å². The van der Waals surface area contributed by atoms with E-state index in [9.17, 15) is 4.79 Å². The van der Waals surface area contributed by atoms with Crippen LogP contribution >= 0.6 is 11.3 Å². The first-order chi connectivity index (χ1) is 12.1. The van der Waals surface area contributed by atoms with E-state index in [1.807, 2.05) is 12.1 Å². The lowest BCUT2D eigenvalue weighted by Crippen LogP contribution is -2.38. The Balaban J connectivity index is 1.72. The summed E-state index contributed by atoms with van der Waals surface area (Å²) in [6, 6.07) is 8.69. The molecule has 0 radical (unpaired) electrons. The minimum Gasteiger partial charge on any atom is -0.465 e. The summed E-state index contributed by atoms with van der Waals surface area (Å²) in [4.78, 5) is 19.0. The van der Waals surface area contributed by atoms with Gasteiger partial charge >= 0.3 is 5.97 Å². The molecule has 2 aromatic rings. The number of aromatic nitrogens is 1. The number of carbonyl (C=O) groups excluding carboxylic acids is 1. The van der Waals surface area contributed by atoms with Gasteiger partial charge in [-0.15, -0.1) is 11.3 Å². The van der Waals surface area contributed by atoms with Crippen LogP contribution in [0.4, 0.5) is 0 Å². The average molecular weight is 359 g/mol. The van der Waals surface area contributed by atoms with Crippen molar-refractivity contribution < 1.29 is 9.53 Å². The van der Waals surface area contributed by atoms with Crippen molar-refractivity contribution in [3.8, 4) is 10.6 Å². The van der Waals surface area contributed by atoms with Crippen molar-refractivity contribution in [2.24, 2.45) is 0 Å². The molecule has 0 atom stereocenters. The maximum atomic E-state index is 11.5. The summed E-state index contributed by atoms with van der Waals surface area (Å²) in [7, 11) is 1.40. The smallest absolute Gasteiger partial charge is 0.337 e. The highest BCUT2D eigenvalue weighted by atomic mass is 32.1. The molecule has 1 aliphatic rings. The molecule has 4 nitrogen and oxygen atoms in total. The summed E-state index contributed by atoms with van der Waals surface area (Å²) in [5.74, 6) is -0.310. The van der Waals surface area contributed by atoms with E-state index in [-0.39, 0.29) is 5.97 Å². The number of methoxy groups -OCH3 is 1. The number of thiazole rings is 1. The zero-order valence-electron chi connectivity index (χ0n) is 15.2. The average Bonchev–Trinajstić information content (AvgIpc) is 3.30. The quantitative estimate of drug-likeness (QED) is 0.699. The zero-order valence-corrected chi connectivity index (χ0v) is 16.0. The maximum absolute atomic E-state index is 11.5. The number of benzene rings is 1. The third kappa shape index (κ3) is 4.28. The van der Waals surface area contributed by atoms with Crippen LogP contribution in [-0.4, -0.2) is 35.0 Å². The van der Waals surface area contributed by atoms with Crippen molar-refractivity contribution in [2.45, 2.75) is 58.2 Å². The minimum absolute atomic E-state index is 0.310. The molecule has 0 N–H and O–H groups in total. The monoisotopic (exact) mass is 358 g/mol. The predicted octanol–water partition coefficient (Wildman–Crippen LogP) is 4.75. The Hall–Kier alpha value is -1.72. The Bertz CT molecular complexity index is 703. The highest BCUT2D eigenvalue weighted by molar-refractivity contribution is 7.13. The standard InChI is InChI=1S/C20H26N2O2S/c1-14(2)22(18-6-4-5-7-18)12-17-13-25-19(21-17)15-8-10-16(11-9-15)20(23)24-3/h8-11,13-14,18H,4-7,12H2,1-3H3. The van der Waals surface area contributed by atoms with E-state index in [1.54, 1.807) is 23.5 Å². The first-order valence-electron chi connectivity index (χ1n) is 8.97. The number of nitrogens with zero attached hydrogens (tertiary/aromatic N) is 2. The second-order valence-electron chi connectivity index (χ2n) is 6.92. The van der Waals surface area contributed by atoms with Crippen LogP contribution in [0.5, 0.6) is 0 Å². The molecule has 1 aliphatic carbocycles. The molecule has 0 saturated heterocycles. The molecular formula is C20H26N2O2S. The SMILES string of the molecule is COC(=O)c1ccc(-c2nc(CN(C(C)C)C3CCCC3)cs2)cc1. The normalized spacial score (nSPS) is 15.2. The van der Waals surface area contributed by atoms with Crippen LogP contribution in [0.25, 0.3) is 10.6 Å². The molecule has 0 amide bonds. The summed E-state index contributed by atoms with van der Waals surface area (Å²) in [6.45, 7) is 5.47. The molecular weight excluding hydrogens is 332 g/mol. The highest BCUT2D eigenvalue weighted by Crippen LogP contribution is 2.29. The minimum atomic E-state index is -0.310. The molecule has 1 aromatic heterocycles. The van der Waals surface area contributed by atoms with Crippen molar-refractivity contribution in [3.63, 3.8) is 0 Å². The molecule has 134 valence electrons. The van der Waals surface area contributed by atoms with E-state index >= 15 is 0 Å². The van der Waals surface area contributed by atoms with Gasteiger partial charge in [-0.2, -0.15) is 0 Å². The second-order valence-corrected chi connectivity index (χ2v) is 7.78. The van der Waals surface area contributed by atoms with E-state index in [0.717, 1.165) is 22.8 Å². The Morgan fingerprint density at radius 1 is 1.28 bits per heavy atom. The van der Waals surface area contributed by atoms with Gasteiger partial charge in [0.05, 0.1) is 18.4 Å². The Morgan fingerprint density at radius 3 is 2.56 bits per heavy atom. The van der Waals surface area contributed by atoms with E-state index in [1.165, 1.54) is 32.8 Å². The number of hydrogen-bond donors (Lipinski definition) is 0. The fourth-order valence-electron chi connectivity index (χ4n) is 3.54. The Morgan fingerprint density at radius 2 is 1.96 bits per heavy atom. The van der Waals surface area contributed by atoms with Crippen molar-refractivity contribution >= 4 is 17.3 Å². The molecule has 1 fully saturated rings. The largest absolute Gasteiger partial charge is 0.465 e. The highest BCUT2D eigenvalue weighted by Gasteiger charge is 2.25. The number of esters is 1. The summed E-state index contributed by atoms with van der Waals surface area (Å²) < 4.78 is 4.74. The molecule has 0 spiro atoms. The summed E-state index contributed by atoms with van der Waals surface area (Å²) >= 11 is 1.66. The van der Waals surface area contributed by atoms with Gasteiger partial charge in [-0.3, -0.25) is 4.90 Å². The lowest BCUT2D eigenvalue weighted by molar-refractivity contribution is 0.0601. The van der Waals surface area contributed by atoms with Crippen LogP contribution in [-0.2, 0) is 11.3 Å². The van der Waals surface area contributed by atoms with Gasteiger partial charge in [-0.1, -0.05) is 25.0 Å². The second kappa shape index (κ2) is 8.11. The molecule has 1 aromatic carbocycles. The molecule has 1 saturated carbocycles. The first kappa shape index (κ1) is 18.1. The zero-order chi connectivity index (χ0) is 17.8. The van der Waals surface area contributed by atoms with Crippen molar-refractivity contribution in [1.82, 2.24) is 9.88 Å².